The van der Waals surface area contributed by atoms with E-state index >= 15 is 13.2 Å². The molecule has 5 atom stereocenters. The number of β-lactam (4-membered cyclic amide) rings is 1. The lowest BCUT2D eigenvalue weighted by atomic mass is 9.62. The van der Waals surface area contributed by atoms with Gasteiger partial charge in [0.25, 0.3) is 5.69 Å². The van der Waals surface area contributed by atoms with E-state index in [1.807, 2.05) is 0 Å². The number of ether oxygens (including phenoxy) is 2. The number of benzene rings is 2. The first-order valence-electron chi connectivity index (χ1n) is 16.5. The number of alkyl halides is 3. The second kappa shape index (κ2) is 15.9. The van der Waals surface area contributed by atoms with Gasteiger partial charge in [0.1, 0.15) is 18.5 Å². The number of nitro groups is 1. The molecule has 2 aromatic carbocycles. The fourth-order valence-electron chi connectivity index (χ4n) is 6.10. The first-order chi connectivity index (χ1) is 23.8. The largest absolute Gasteiger partial charge is 0.456 e. The van der Waals surface area contributed by atoms with Crippen molar-refractivity contribution in [1.82, 2.24) is 4.90 Å². The zero-order chi connectivity index (χ0) is 37.9. The average Bonchev–Trinajstić information content (AvgIpc) is 3.06. The van der Waals surface area contributed by atoms with E-state index in [0.717, 1.165) is 0 Å². The van der Waals surface area contributed by atoms with Crippen molar-refractivity contribution in [2.24, 2.45) is 17.3 Å². The van der Waals surface area contributed by atoms with Crippen LogP contribution in [0.1, 0.15) is 71.9 Å². The Balaban J connectivity index is 1.83. The Hall–Kier alpha value is -3.78. The minimum atomic E-state index is -2.85. The number of hydrogen-bond acceptors (Lipinski definition) is 9. The van der Waals surface area contributed by atoms with Gasteiger partial charge in [-0.2, -0.15) is 0 Å². The van der Waals surface area contributed by atoms with Crippen LogP contribution >= 0.6 is 23.5 Å². The molecule has 1 aliphatic heterocycles. The number of carbonyl (C=O) groups is 3. The van der Waals surface area contributed by atoms with Gasteiger partial charge < -0.3 is 9.47 Å². The van der Waals surface area contributed by atoms with Crippen molar-refractivity contribution in [3.05, 3.63) is 93.2 Å². The number of thioether (sulfide) groups is 2. The highest BCUT2D eigenvalue weighted by Crippen LogP contribution is 2.56. The van der Waals surface area contributed by atoms with Crippen molar-refractivity contribution >= 4 is 46.2 Å². The van der Waals surface area contributed by atoms with Gasteiger partial charge in [-0.3, -0.25) is 24.6 Å². The lowest BCUT2D eigenvalue weighted by Crippen LogP contribution is -2.59. The van der Waals surface area contributed by atoms with Gasteiger partial charge in [-0.1, -0.05) is 59.8 Å². The zero-order valence-electron chi connectivity index (χ0n) is 29.5. The maximum atomic E-state index is 17.1. The molecule has 51 heavy (non-hydrogen) atoms. The maximum Gasteiger partial charge on any atom is 0.359 e. The number of hydrogen-bond donors (Lipinski definition) is 0. The third-order valence-corrected chi connectivity index (χ3v) is 11.3. The molecule has 276 valence electrons. The van der Waals surface area contributed by atoms with Gasteiger partial charge in [-0.15, -0.1) is 18.3 Å². The van der Waals surface area contributed by atoms with Gasteiger partial charge in [0.2, 0.25) is 11.0 Å². The summed E-state index contributed by atoms with van der Waals surface area (Å²) in [5.74, 6) is -2.62. The molecule has 2 aliphatic rings. The maximum absolute atomic E-state index is 17.1. The van der Waals surface area contributed by atoms with Crippen molar-refractivity contribution in [2.45, 2.75) is 90.3 Å². The van der Waals surface area contributed by atoms with Crippen molar-refractivity contribution < 1.29 is 42.0 Å². The zero-order valence-corrected chi connectivity index (χ0v) is 31.1. The molecule has 5 unspecified atom stereocenters. The molecule has 0 bridgehead atoms. The van der Waals surface area contributed by atoms with Crippen molar-refractivity contribution in [3.63, 3.8) is 0 Å². The van der Waals surface area contributed by atoms with E-state index in [1.165, 1.54) is 79.0 Å². The van der Waals surface area contributed by atoms with Gasteiger partial charge in [-0.05, 0) is 71.8 Å². The molecular weight excluding hydrogens is 706 g/mol. The fraction of sp³-hybridized carbons (Fsp3) is 0.486. The summed E-state index contributed by atoms with van der Waals surface area (Å²) < 4.78 is 60.9. The molecule has 1 heterocycles. The van der Waals surface area contributed by atoms with Gasteiger partial charge in [-0.25, -0.2) is 18.0 Å². The van der Waals surface area contributed by atoms with Gasteiger partial charge in [0.05, 0.1) is 16.7 Å². The minimum Gasteiger partial charge on any atom is -0.456 e. The number of esters is 1. The highest BCUT2D eigenvalue weighted by Gasteiger charge is 2.64. The highest BCUT2D eigenvalue weighted by atomic mass is 32.2. The molecular formula is C37H43F3N2O7S2. The van der Waals surface area contributed by atoms with E-state index in [0.29, 0.717) is 23.1 Å². The van der Waals surface area contributed by atoms with Crippen LogP contribution in [-0.4, -0.2) is 49.8 Å². The second-order valence-electron chi connectivity index (χ2n) is 14.2. The van der Waals surface area contributed by atoms with Crippen molar-refractivity contribution in [3.8, 4) is 5.75 Å². The van der Waals surface area contributed by atoms with E-state index in [9.17, 15) is 24.5 Å². The molecule has 2 fully saturated rings. The second-order valence-corrected chi connectivity index (χ2v) is 16.3. The van der Waals surface area contributed by atoms with Gasteiger partial charge in [0, 0.05) is 23.3 Å². The molecule has 0 radical (unpaired) electrons. The van der Waals surface area contributed by atoms with Crippen molar-refractivity contribution in [1.29, 1.82) is 0 Å². The quantitative estimate of drug-likeness (QED) is 0.0377. The number of carbonyl (C=O) groups excluding carboxylic acids is 3. The predicted molar refractivity (Wildman–Crippen MR) is 192 cm³/mol. The third kappa shape index (κ3) is 8.48. The van der Waals surface area contributed by atoms with Crippen LogP contribution in [0.3, 0.4) is 0 Å². The summed E-state index contributed by atoms with van der Waals surface area (Å²) in [6.07, 6.45) is -0.776. The molecule has 1 saturated heterocycles. The van der Waals surface area contributed by atoms with Crippen LogP contribution in [0.5, 0.6) is 5.75 Å². The van der Waals surface area contributed by atoms with Crippen LogP contribution in [-0.2, 0) is 31.4 Å². The van der Waals surface area contributed by atoms with Crippen LogP contribution in [0, 0.1) is 27.4 Å². The summed E-state index contributed by atoms with van der Waals surface area (Å²) in [5.41, 5.74) is -6.83. The summed E-state index contributed by atoms with van der Waals surface area (Å²) in [7, 11) is 0. The summed E-state index contributed by atoms with van der Waals surface area (Å²) in [5, 5.41) is 9.77. The normalized spacial score (nSPS) is 25.5. The molecule has 14 heteroatoms. The molecule has 0 spiro atoms. The van der Waals surface area contributed by atoms with E-state index in [4.69, 9.17) is 9.47 Å². The fourth-order valence-corrected chi connectivity index (χ4v) is 7.98. The predicted octanol–water partition coefficient (Wildman–Crippen LogP) is 8.97. The molecule has 0 N–H and O–H groups in total. The van der Waals surface area contributed by atoms with Crippen LogP contribution < -0.4 is 4.74 Å². The van der Waals surface area contributed by atoms with E-state index in [2.05, 4.69) is 6.58 Å². The standard InChI is InChI=1S/C37H43F3N2O7S2/c1-8-16-50-30-19-29(43)41(30)31(32(44)48-21-24-12-14-26(15-13-24)42(46)47)33(51-34(45)35(5,6)7)49-27-11-9-10-25(18-27)36(39)20-23(4)17-28(38)37(36,40)22(2)3/h8-15,18,22-23,28,30H,1,16-17,19-21H2,2-7H3. The molecule has 9 nitrogen and oxygen atoms in total. The number of halogens is 3. The molecule has 4 rings (SSSR count). The topological polar surface area (TPSA) is 116 Å². The third-order valence-electron chi connectivity index (χ3n) is 8.90. The monoisotopic (exact) mass is 748 g/mol. The molecule has 1 aliphatic carbocycles. The average molecular weight is 749 g/mol. The number of nitro benzene ring substituents is 1. The van der Waals surface area contributed by atoms with Crippen LogP contribution in [0.15, 0.2) is 72.0 Å². The number of amides is 1. The first-order valence-corrected chi connectivity index (χ1v) is 18.4. The number of non-ortho nitro benzene ring substituents is 1. The van der Waals surface area contributed by atoms with E-state index in [-0.39, 0.29) is 53.7 Å². The summed E-state index contributed by atoms with van der Waals surface area (Å²) in [4.78, 5) is 52.3. The van der Waals surface area contributed by atoms with Crippen LogP contribution in [0.25, 0.3) is 0 Å². The highest BCUT2D eigenvalue weighted by molar-refractivity contribution is 8.16. The Morgan fingerprint density at radius 2 is 1.84 bits per heavy atom. The first kappa shape index (κ1) is 40.0. The number of nitrogens with zero attached hydrogens (tertiary/aromatic N) is 2. The summed E-state index contributed by atoms with van der Waals surface area (Å²) in [6, 6.07) is 10.7. The Kier molecular flexibility index (Phi) is 12.4. The smallest absolute Gasteiger partial charge is 0.359 e. The van der Waals surface area contributed by atoms with Crippen molar-refractivity contribution in [2.75, 3.05) is 5.75 Å². The number of likely N-dealkylation sites (tertiary alicyclic amines) is 1. The van der Waals surface area contributed by atoms with E-state index in [1.54, 1.807) is 33.8 Å². The SMILES string of the molecule is C=CCSC1CC(=O)N1C(C(=O)OCc1ccc([N+](=O)[O-])cc1)=C(Oc1cccc(C2(F)CC(C)CC(F)C2(F)C(C)C)c1)SC(=O)C(C)(C)C. The number of rotatable bonds is 13. The Labute approximate surface area is 304 Å². The Morgan fingerprint density at radius 3 is 2.41 bits per heavy atom. The van der Waals surface area contributed by atoms with Gasteiger partial charge in [0.15, 0.2) is 22.1 Å². The van der Waals surface area contributed by atoms with E-state index < -0.39 is 62.0 Å². The minimum absolute atomic E-state index is 0.0685. The molecule has 2 aromatic rings. The molecule has 1 amide bonds. The Bertz CT molecular complexity index is 1700. The molecule has 1 saturated carbocycles. The van der Waals surface area contributed by atoms with Crippen LogP contribution in [0.2, 0.25) is 0 Å². The van der Waals surface area contributed by atoms with Gasteiger partial charge >= 0.3 is 5.97 Å². The Morgan fingerprint density at radius 1 is 1.18 bits per heavy atom. The lowest BCUT2D eigenvalue weighted by molar-refractivity contribution is -0.384. The molecule has 0 aromatic heterocycles. The summed E-state index contributed by atoms with van der Waals surface area (Å²) >= 11 is 1.87. The summed E-state index contributed by atoms with van der Waals surface area (Å²) in [6.45, 7) is 12.9. The lowest BCUT2D eigenvalue weighted by Gasteiger charge is -2.49. The van der Waals surface area contributed by atoms with Crippen LogP contribution in [0.4, 0.5) is 18.9 Å².